The fraction of sp³-hybridized carbons (Fsp3) is 0.214. The number of fused-ring (bicyclic) bond motifs is 1. The fourth-order valence-electron chi connectivity index (χ4n) is 4.51. The van der Waals surface area contributed by atoms with Gasteiger partial charge in [-0.3, -0.25) is 9.78 Å². The van der Waals surface area contributed by atoms with Gasteiger partial charge in [-0.2, -0.15) is 4.98 Å². The van der Waals surface area contributed by atoms with E-state index in [4.69, 9.17) is 10.1 Å². The minimum Gasteiger partial charge on any atom is -0.372 e. The zero-order valence-corrected chi connectivity index (χ0v) is 20.6. The summed E-state index contributed by atoms with van der Waals surface area (Å²) in [6.45, 7) is 8.06. The van der Waals surface area contributed by atoms with Crippen molar-refractivity contribution in [1.82, 2.24) is 19.7 Å². The van der Waals surface area contributed by atoms with Crippen LogP contribution >= 0.6 is 0 Å². The maximum atomic E-state index is 13.5. The molecule has 1 atom stereocenters. The Kier molecular flexibility index (Phi) is 6.49. The molecule has 3 heterocycles. The van der Waals surface area contributed by atoms with E-state index < -0.39 is 6.04 Å². The highest BCUT2D eigenvalue weighted by Crippen LogP contribution is 2.36. The van der Waals surface area contributed by atoms with Crippen LogP contribution in [0, 0.1) is 0 Å². The molecule has 8 heteroatoms. The van der Waals surface area contributed by atoms with Crippen molar-refractivity contribution in [2.75, 3.05) is 28.6 Å². The predicted molar refractivity (Wildman–Crippen MR) is 143 cm³/mol. The number of allylic oxidation sites excluding steroid dienone is 1. The first-order valence-corrected chi connectivity index (χ1v) is 12.2. The molecule has 1 aliphatic rings. The first-order valence-electron chi connectivity index (χ1n) is 12.2. The number of nitrogens with one attached hydrogen (secondary N) is 2. The lowest BCUT2D eigenvalue weighted by molar-refractivity contribution is -0.113. The van der Waals surface area contributed by atoms with Crippen molar-refractivity contribution in [2.45, 2.75) is 26.8 Å². The topological polar surface area (TPSA) is 88.0 Å². The third kappa shape index (κ3) is 4.45. The normalized spacial score (nSPS) is 14.7. The van der Waals surface area contributed by atoms with Gasteiger partial charge < -0.3 is 15.5 Å². The van der Waals surface area contributed by atoms with Crippen LogP contribution in [0.4, 0.5) is 17.3 Å². The van der Waals surface area contributed by atoms with Crippen molar-refractivity contribution in [3.63, 3.8) is 0 Å². The van der Waals surface area contributed by atoms with Crippen LogP contribution < -0.4 is 15.5 Å². The molecule has 4 aromatic rings. The van der Waals surface area contributed by atoms with Crippen LogP contribution in [-0.2, 0) is 4.79 Å². The maximum Gasteiger partial charge on any atom is 0.255 e. The number of anilines is 3. The van der Waals surface area contributed by atoms with Gasteiger partial charge >= 0.3 is 0 Å². The van der Waals surface area contributed by atoms with Gasteiger partial charge in [-0.1, -0.05) is 24.3 Å². The van der Waals surface area contributed by atoms with Crippen molar-refractivity contribution in [2.24, 2.45) is 0 Å². The summed E-state index contributed by atoms with van der Waals surface area (Å²) in [5.74, 6) is 0.942. The van der Waals surface area contributed by atoms with Gasteiger partial charge in [0.2, 0.25) is 5.95 Å². The molecule has 5 rings (SSSR count). The van der Waals surface area contributed by atoms with Crippen molar-refractivity contribution in [1.29, 1.82) is 0 Å². The highest BCUT2D eigenvalue weighted by Gasteiger charge is 2.35. The Balaban J connectivity index is 1.53. The smallest absolute Gasteiger partial charge is 0.255 e. The standard InChI is InChI=1S/C28H29N7O/c1-4-34(5-2)22-16-14-20(15-17-22)26-32-28-30-19(3)24(27(36)31-21-11-7-6-8-12-21)25(35(28)33-26)23-13-9-10-18-29-23/h6-18,25H,4-5H2,1-3H3,(H,31,36)(H,30,32,33). The molecule has 36 heavy (non-hydrogen) atoms. The monoisotopic (exact) mass is 479 g/mol. The first-order chi connectivity index (χ1) is 17.6. The van der Waals surface area contributed by atoms with E-state index in [1.807, 2.05) is 67.6 Å². The minimum atomic E-state index is -0.526. The molecule has 182 valence electrons. The molecule has 1 unspecified atom stereocenters. The lowest BCUT2D eigenvalue weighted by Crippen LogP contribution is -2.32. The highest BCUT2D eigenvalue weighted by atomic mass is 16.1. The zero-order chi connectivity index (χ0) is 25.1. The molecule has 0 spiro atoms. The van der Waals surface area contributed by atoms with Crippen LogP contribution in [0.1, 0.15) is 32.5 Å². The molecule has 0 radical (unpaired) electrons. The number of carbonyl (C=O) groups is 1. The summed E-state index contributed by atoms with van der Waals surface area (Å²) < 4.78 is 1.75. The van der Waals surface area contributed by atoms with Gasteiger partial charge in [0.25, 0.3) is 5.91 Å². The summed E-state index contributed by atoms with van der Waals surface area (Å²) in [6, 6.07) is 22.8. The number of pyridine rings is 1. The highest BCUT2D eigenvalue weighted by molar-refractivity contribution is 6.05. The van der Waals surface area contributed by atoms with Gasteiger partial charge in [-0.25, -0.2) is 4.68 Å². The van der Waals surface area contributed by atoms with E-state index in [-0.39, 0.29) is 5.91 Å². The Morgan fingerprint density at radius 2 is 1.72 bits per heavy atom. The van der Waals surface area contributed by atoms with E-state index in [0.29, 0.717) is 28.7 Å². The van der Waals surface area contributed by atoms with E-state index in [0.717, 1.165) is 30.0 Å². The fourth-order valence-corrected chi connectivity index (χ4v) is 4.51. The summed E-state index contributed by atoms with van der Waals surface area (Å²) in [6.07, 6.45) is 1.73. The second-order valence-electron chi connectivity index (χ2n) is 8.56. The molecule has 0 saturated heterocycles. The number of hydrogen-bond acceptors (Lipinski definition) is 6. The average Bonchev–Trinajstić information content (AvgIpc) is 3.33. The number of rotatable bonds is 7. The first kappa shape index (κ1) is 23.3. The van der Waals surface area contributed by atoms with E-state index in [9.17, 15) is 4.79 Å². The van der Waals surface area contributed by atoms with E-state index in [2.05, 4.69) is 46.5 Å². The molecular formula is C28H29N7O. The number of aromatic nitrogens is 4. The molecule has 1 amide bonds. The van der Waals surface area contributed by atoms with Crippen molar-refractivity contribution >= 4 is 23.2 Å². The third-order valence-corrected chi connectivity index (χ3v) is 6.35. The number of nitrogens with zero attached hydrogens (tertiary/aromatic N) is 5. The average molecular weight is 480 g/mol. The summed E-state index contributed by atoms with van der Waals surface area (Å²) in [4.78, 5) is 25.1. The number of carbonyl (C=O) groups excluding carboxylic acids is 1. The van der Waals surface area contributed by atoms with Gasteiger partial charge in [0.15, 0.2) is 5.82 Å². The number of benzene rings is 2. The van der Waals surface area contributed by atoms with Gasteiger partial charge in [0.05, 0.1) is 11.3 Å². The van der Waals surface area contributed by atoms with Crippen molar-refractivity contribution in [3.05, 3.63) is 96.0 Å². The van der Waals surface area contributed by atoms with Crippen molar-refractivity contribution in [3.8, 4) is 11.4 Å². The van der Waals surface area contributed by atoms with Crippen LogP contribution in [0.3, 0.4) is 0 Å². The second-order valence-corrected chi connectivity index (χ2v) is 8.56. The molecule has 0 bridgehead atoms. The minimum absolute atomic E-state index is 0.215. The number of para-hydroxylation sites is 1. The quantitative estimate of drug-likeness (QED) is 0.383. The summed E-state index contributed by atoms with van der Waals surface area (Å²) in [7, 11) is 0. The Morgan fingerprint density at radius 1 is 1.00 bits per heavy atom. The third-order valence-electron chi connectivity index (χ3n) is 6.35. The van der Waals surface area contributed by atoms with Crippen LogP contribution in [-0.4, -0.2) is 38.7 Å². The molecule has 1 aliphatic heterocycles. The maximum absolute atomic E-state index is 13.5. The zero-order valence-electron chi connectivity index (χ0n) is 20.6. The van der Waals surface area contributed by atoms with Crippen LogP contribution in [0.25, 0.3) is 11.4 Å². The van der Waals surface area contributed by atoms with Crippen LogP contribution in [0.5, 0.6) is 0 Å². The molecule has 0 saturated carbocycles. The van der Waals surface area contributed by atoms with Gasteiger partial charge in [0.1, 0.15) is 6.04 Å². The van der Waals surface area contributed by atoms with Gasteiger partial charge in [-0.05, 0) is 69.3 Å². The van der Waals surface area contributed by atoms with Crippen molar-refractivity contribution < 1.29 is 4.79 Å². The number of hydrogen-bond donors (Lipinski definition) is 2. The predicted octanol–water partition coefficient (Wildman–Crippen LogP) is 5.11. The van der Waals surface area contributed by atoms with Gasteiger partial charge in [0, 0.05) is 41.9 Å². The van der Waals surface area contributed by atoms with Crippen LogP contribution in [0.15, 0.2) is 90.3 Å². The summed E-state index contributed by atoms with van der Waals surface area (Å²) >= 11 is 0. The second kappa shape index (κ2) is 10.0. The summed E-state index contributed by atoms with van der Waals surface area (Å²) in [5, 5.41) is 11.1. The molecule has 2 aromatic heterocycles. The summed E-state index contributed by atoms with van der Waals surface area (Å²) in [5.41, 5.74) is 4.75. The molecule has 2 N–H and O–H groups in total. The Labute approximate surface area is 210 Å². The lowest BCUT2D eigenvalue weighted by atomic mass is 9.98. The van der Waals surface area contributed by atoms with E-state index in [1.165, 1.54) is 0 Å². The molecule has 2 aromatic carbocycles. The molecule has 8 nitrogen and oxygen atoms in total. The van der Waals surface area contributed by atoms with E-state index >= 15 is 0 Å². The Bertz CT molecular complexity index is 1370. The molecule has 0 fully saturated rings. The van der Waals surface area contributed by atoms with E-state index in [1.54, 1.807) is 10.9 Å². The Hall–Kier alpha value is -4.46. The SMILES string of the molecule is CCN(CC)c1ccc(-c2nc3n(n2)C(c2ccccn2)C(C(=O)Nc2ccccc2)=C(C)N3)cc1. The Morgan fingerprint density at radius 3 is 2.39 bits per heavy atom. The molecular weight excluding hydrogens is 450 g/mol. The largest absolute Gasteiger partial charge is 0.372 e. The van der Waals surface area contributed by atoms with Gasteiger partial charge in [-0.15, -0.1) is 5.10 Å². The lowest BCUT2D eigenvalue weighted by Gasteiger charge is -2.28. The van der Waals surface area contributed by atoms with Crippen LogP contribution in [0.2, 0.25) is 0 Å². The molecule has 0 aliphatic carbocycles. The number of amides is 1.